The number of anilines is 2. The first-order chi connectivity index (χ1) is 11.8. The Hall–Kier alpha value is -2.64. The van der Waals surface area contributed by atoms with E-state index < -0.39 is 0 Å². The molecule has 0 radical (unpaired) electrons. The molecule has 0 aliphatic carbocycles. The number of hydrogen-bond acceptors (Lipinski definition) is 6. The second kappa shape index (κ2) is 6.10. The molecule has 6 nitrogen and oxygen atoms in total. The number of aromatic nitrogens is 4. The summed E-state index contributed by atoms with van der Waals surface area (Å²) in [5, 5.41) is 17.5. The molecule has 0 amide bonds. The molecule has 0 bridgehead atoms. The maximum atomic E-state index is 6.18. The van der Waals surface area contributed by atoms with Crippen molar-refractivity contribution in [2.45, 2.75) is 0 Å². The zero-order chi connectivity index (χ0) is 16.5. The molecule has 1 N–H and O–H groups in total. The van der Waals surface area contributed by atoms with Crippen molar-refractivity contribution < 1.29 is 4.74 Å². The first-order valence-corrected chi connectivity index (χ1v) is 8.33. The van der Waals surface area contributed by atoms with Gasteiger partial charge in [-0.25, -0.2) is 0 Å². The summed E-state index contributed by atoms with van der Waals surface area (Å²) >= 11 is 7.57. The molecule has 2 aromatic carbocycles. The Kier molecular flexibility index (Phi) is 3.79. The highest BCUT2D eigenvalue weighted by atomic mass is 35.5. The second-order valence-corrected chi connectivity index (χ2v) is 6.29. The van der Waals surface area contributed by atoms with E-state index in [9.17, 15) is 0 Å². The van der Waals surface area contributed by atoms with Crippen LogP contribution in [0.25, 0.3) is 16.3 Å². The average molecular weight is 358 g/mol. The zero-order valence-electron chi connectivity index (χ0n) is 12.6. The summed E-state index contributed by atoms with van der Waals surface area (Å²) in [6, 6.07) is 15.2. The van der Waals surface area contributed by atoms with Gasteiger partial charge in [-0.2, -0.15) is 4.52 Å². The smallest absolute Gasteiger partial charge is 0.236 e. The molecule has 2 heterocycles. The van der Waals surface area contributed by atoms with Gasteiger partial charge in [0.1, 0.15) is 5.75 Å². The van der Waals surface area contributed by atoms with E-state index in [0.717, 1.165) is 17.0 Å². The van der Waals surface area contributed by atoms with Crippen molar-refractivity contribution in [1.82, 2.24) is 19.8 Å². The van der Waals surface area contributed by atoms with Crippen LogP contribution in [-0.4, -0.2) is 26.9 Å². The van der Waals surface area contributed by atoms with Crippen LogP contribution in [0.5, 0.6) is 5.75 Å². The fourth-order valence-electron chi connectivity index (χ4n) is 2.34. The van der Waals surface area contributed by atoms with E-state index in [1.165, 1.54) is 11.3 Å². The largest absolute Gasteiger partial charge is 0.496 e. The quantitative estimate of drug-likeness (QED) is 0.591. The van der Waals surface area contributed by atoms with E-state index >= 15 is 0 Å². The van der Waals surface area contributed by atoms with Gasteiger partial charge in [-0.05, 0) is 24.3 Å². The third-order valence-corrected chi connectivity index (χ3v) is 4.60. The summed E-state index contributed by atoms with van der Waals surface area (Å²) in [5.41, 5.74) is 1.63. The molecule has 0 fully saturated rings. The van der Waals surface area contributed by atoms with Crippen LogP contribution in [0.3, 0.4) is 0 Å². The van der Waals surface area contributed by atoms with Crippen LogP contribution in [0.1, 0.15) is 0 Å². The van der Waals surface area contributed by atoms with Crippen molar-refractivity contribution in [3.05, 3.63) is 53.6 Å². The molecular weight excluding hydrogens is 346 g/mol. The fraction of sp³-hybridized carbons (Fsp3) is 0.0625. The topological polar surface area (TPSA) is 64.3 Å². The zero-order valence-corrected chi connectivity index (χ0v) is 14.2. The van der Waals surface area contributed by atoms with Gasteiger partial charge >= 0.3 is 0 Å². The number of rotatable bonds is 4. The third-order valence-electron chi connectivity index (χ3n) is 3.45. The van der Waals surface area contributed by atoms with Crippen LogP contribution < -0.4 is 10.1 Å². The van der Waals surface area contributed by atoms with Crippen LogP contribution in [0.2, 0.25) is 5.02 Å². The summed E-state index contributed by atoms with van der Waals surface area (Å²) in [5.74, 6) is 1.35. The second-order valence-electron chi connectivity index (χ2n) is 4.93. The lowest BCUT2D eigenvalue weighted by Gasteiger charge is -2.05. The molecule has 0 spiro atoms. The lowest BCUT2D eigenvalue weighted by Crippen LogP contribution is -1.96. The minimum Gasteiger partial charge on any atom is -0.496 e. The molecular formula is C16H12ClN5OS. The van der Waals surface area contributed by atoms with Crippen molar-refractivity contribution in [2.24, 2.45) is 0 Å². The van der Waals surface area contributed by atoms with Gasteiger partial charge in [0.15, 0.2) is 5.82 Å². The van der Waals surface area contributed by atoms with Crippen LogP contribution in [0.15, 0.2) is 48.5 Å². The van der Waals surface area contributed by atoms with Crippen molar-refractivity contribution in [3.8, 4) is 17.1 Å². The van der Waals surface area contributed by atoms with E-state index in [1.807, 2.05) is 48.5 Å². The summed E-state index contributed by atoms with van der Waals surface area (Å²) in [4.78, 5) is 0.686. The van der Waals surface area contributed by atoms with Crippen LogP contribution >= 0.6 is 22.9 Å². The van der Waals surface area contributed by atoms with Gasteiger partial charge in [0.25, 0.3) is 0 Å². The van der Waals surface area contributed by atoms with Crippen molar-refractivity contribution >= 4 is 38.7 Å². The predicted octanol–water partition coefficient (Wildman–Crippen LogP) is 4.26. The number of nitrogens with zero attached hydrogens (tertiary/aromatic N) is 4. The summed E-state index contributed by atoms with van der Waals surface area (Å²) in [6.07, 6.45) is 0. The summed E-state index contributed by atoms with van der Waals surface area (Å²) in [6.45, 7) is 0. The number of methoxy groups -OCH3 is 1. The molecule has 0 saturated carbocycles. The van der Waals surface area contributed by atoms with Crippen molar-refractivity contribution in [3.63, 3.8) is 0 Å². The monoisotopic (exact) mass is 357 g/mol. The van der Waals surface area contributed by atoms with Gasteiger partial charge in [0.05, 0.1) is 23.4 Å². The number of fused-ring (bicyclic) bond motifs is 1. The Labute approximate surface area is 146 Å². The standard InChI is InChI=1S/C16H12ClN5OS/c1-23-13-9-5-2-6-10(13)14-19-20-16-22(14)21-15(24-16)18-12-8-4-3-7-11(12)17/h2-9H,1H3,(H,18,21). The molecule has 0 unspecified atom stereocenters. The Morgan fingerprint density at radius 1 is 1.08 bits per heavy atom. The predicted molar refractivity (Wildman–Crippen MR) is 95.4 cm³/mol. The minimum atomic E-state index is 0.630. The molecule has 0 atom stereocenters. The van der Waals surface area contributed by atoms with Gasteiger partial charge in [-0.15, -0.1) is 15.3 Å². The van der Waals surface area contributed by atoms with Gasteiger partial charge in [-0.3, -0.25) is 0 Å². The number of hydrogen-bond donors (Lipinski definition) is 1. The van der Waals surface area contributed by atoms with E-state index in [-0.39, 0.29) is 0 Å². The Morgan fingerprint density at radius 3 is 2.71 bits per heavy atom. The number of para-hydroxylation sites is 2. The van der Waals surface area contributed by atoms with Gasteiger partial charge in [0.2, 0.25) is 10.1 Å². The fourth-order valence-corrected chi connectivity index (χ4v) is 3.28. The number of halogens is 1. The Morgan fingerprint density at radius 2 is 1.88 bits per heavy atom. The number of benzene rings is 2. The van der Waals surface area contributed by atoms with E-state index in [0.29, 0.717) is 20.9 Å². The molecule has 2 aromatic heterocycles. The van der Waals surface area contributed by atoms with Crippen LogP contribution in [0, 0.1) is 0 Å². The Bertz CT molecular complexity index is 1010. The first kappa shape index (κ1) is 14.9. The van der Waals surface area contributed by atoms with E-state index in [1.54, 1.807) is 11.6 Å². The molecule has 120 valence electrons. The maximum Gasteiger partial charge on any atom is 0.236 e. The average Bonchev–Trinajstić information content (AvgIpc) is 3.17. The Balaban J connectivity index is 1.75. The van der Waals surface area contributed by atoms with Gasteiger partial charge in [-0.1, -0.05) is 47.2 Å². The molecule has 0 aliphatic heterocycles. The van der Waals surface area contributed by atoms with Crippen molar-refractivity contribution in [2.75, 3.05) is 12.4 Å². The highest BCUT2D eigenvalue weighted by molar-refractivity contribution is 7.20. The molecule has 4 rings (SSSR count). The first-order valence-electron chi connectivity index (χ1n) is 7.13. The van der Waals surface area contributed by atoms with E-state index in [4.69, 9.17) is 16.3 Å². The highest BCUT2D eigenvalue weighted by Gasteiger charge is 2.16. The SMILES string of the molecule is COc1ccccc1-c1nnc2sc(Nc3ccccc3Cl)nn12. The lowest BCUT2D eigenvalue weighted by atomic mass is 10.2. The van der Waals surface area contributed by atoms with Crippen LogP contribution in [-0.2, 0) is 0 Å². The summed E-state index contributed by atoms with van der Waals surface area (Å²) in [7, 11) is 1.63. The van der Waals surface area contributed by atoms with Gasteiger partial charge in [0, 0.05) is 0 Å². The normalized spacial score (nSPS) is 10.9. The molecule has 0 aliphatic rings. The third kappa shape index (κ3) is 2.57. The molecule has 8 heteroatoms. The van der Waals surface area contributed by atoms with Gasteiger partial charge < -0.3 is 10.1 Å². The molecule has 4 aromatic rings. The van der Waals surface area contributed by atoms with E-state index in [2.05, 4.69) is 20.6 Å². The number of nitrogens with one attached hydrogen (secondary N) is 1. The lowest BCUT2D eigenvalue weighted by molar-refractivity contribution is 0.416. The number of ether oxygens (including phenoxy) is 1. The van der Waals surface area contributed by atoms with Crippen molar-refractivity contribution in [1.29, 1.82) is 0 Å². The maximum absolute atomic E-state index is 6.18. The highest BCUT2D eigenvalue weighted by Crippen LogP contribution is 2.32. The molecule has 0 saturated heterocycles. The molecule has 24 heavy (non-hydrogen) atoms. The summed E-state index contributed by atoms with van der Waals surface area (Å²) < 4.78 is 7.09. The minimum absolute atomic E-state index is 0.630. The van der Waals surface area contributed by atoms with Crippen LogP contribution in [0.4, 0.5) is 10.8 Å².